The Morgan fingerprint density at radius 1 is 1.56 bits per heavy atom. The van der Waals surface area contributed by atoms with Crippen LogP contribution in [-0.4, -0.2) is 35.8 Å². The van der Waals surface area contributed by atoms with E-state index < -0.39 is 6.10 Å². The zero-order valence-corrected chi connectivity index (χ0v) is 12.0. The zero-order valence-electron chi connectivity index (χ0n) is 11.2. The van der Waals surface area contributed by atoms with Gasteiger partial charge in [-0.05, 0) is 12.8 Å². The molecular formula is C12H20N2O3S. The Morgan fingerprint density at radius 2 is 2.22 bits per heavy atom. The fourth-order valence-corrected chi connectivity index (χ4v) is 2.31. The Hall–Kier alpha value is -0.980. The van der Waals surface area contributed by atoms with Crippen LogP contribution in [0.2, 0.25) is 0 Å². The van der Waals surface area contributed by atoms with Crippen LogP contribution in [0.15, 0.2) is 0 Å². The molecule has 102 valence electrons. The Morgan fingerprint density at radius 3 is 2.78 bits per heavy atom. The molecule has 0 fully saturated rings. The molecule has 0 spiro atoms. The number of aryl methyl sites for hydroxylation is 1. The largest absolute Gasteiger partial charge is 0.391 e. The summed E-state index contributed by atoms with van der Waals surface area (Å²) in [5.74, 6) is -0.0658. The molecule has 0 bridgehead atoms. The van der Waals surface area contributed by atoms with E-state index in [0.29, 0.717) is 17.2 Å². The number of aliphatic hydroxyl groups is 1. The van der Waals surface area contributed by atoms with Crippen LogP contribution in [0.25, 0.3) is 0 Å². The van der Waals surface area contributed by atoms with Gasteiger partial charge in [-0.25, -0.2) is 4.98 Å². The van der Waals surface area contributed by atoms with Crippen LogP contribution in [0.1, 0.15) is 34.2 Å². The third kappa shape index (κ3) is 4.04. The van der Waals surface area contributed by atoms with E-state index in [0.717, 1.165) is 5.01 Å². The van der Waals surface area contributed by atoms with Gasteiger partial charge in [0.25, 0.3) is 5.91 Å². The number of aliphatic hydroxyl groups excluding tert-OH is 1. The Balaban J connectivity index is 2.61. The van der Waals surface area contributed by atoms with Crippen LogP contribution in [0.3, 0.4) is 0 Å². The van der Waals surface area contributed by atoms with Crippen LogP contribution >= 0.6 is 11.3 Å². The normalized spacial score (nSPS) is 12.8. The molecule has 1 rings (SSSR count). The summed E-state index contributed by atoms with van der Waals surface area (Å²) >= 11 is 1.32. The summed E-state index contributed by atoms with van der Waals surface area (Å²) in [7, 11) is 1.59. The standard InChI is InChI=1S/C12H20N2O3S/c1-7(2)9(15)5-13-12(16)11-8(3)14-10(18-11)6-17-4/h7,9,15H,5-6H2,1-4H3,(H,13,16). The van der Waals surface area contributed by atoms with E-state index in [4.69, 9.17) is 4.74 Å². The maximum absolute atomic E-state index is 11.9. The molecule has 1 unspecified atom stereocenters. The van der Waals surface area contributed by atoms with Gasteiger partial charge in [0.1, 0.15) is 9.88 Å². The number of ether oxygens (including phenoxy) is 1. The minimum absolute atomic E-state index is 0.122. The third-order valence-corrected chi connectivity index (χ3v) is 3.69. The molecule has 0 aromatic carbocycles. The van der Waals surface area contributed by atoms with E-state index in [-0.39, 0.29) is 18.4 Å². The molecule has 0 saturated carbocycles. The zero-order chi connectivity index (χ0) is 13.7. The Labute approximate surface area is 111 Å². The molecule has 1 atom stereocenters. The van der Waals surface area contributed by atoms with E-state index in [9.17, 15) is 9.90 Å². The first kappa shape index (κ1) is 15.1. The van der Waals surface area contributed by atoms with Crippen molar-refractivity contribution in [2.45, 2.75) is 33.5 Å². The van der Waals surface area contributed by atoms with Crippen molar-refractivity contribution in [2.75, 3.05) is 13.7 Å². The van der Waals surface area contributed by atoms with Gasteiger partial charge in [0.05, 0.1) is 18.4 Å². The van der Waals surface area contributed by atoms with Crippen LogP contribution in [-0.2, 0) is 11.3 Å². The molecule has 0 aliphatic rings. The predicted molar refractivity (Wildman–Crippen MR) is 70.7 cm³/mol. The van der Waals surface area contributed by atoms with Crippen molar-refractivity contribution >= 4 is 17.2 Å². The van der Waals surface area contributed by atoms with Crippen molar-refractivity contribution in [2.24, 2.45) is 5.92 Å². The van der Waals surface area contributed by atoms with Gasteiger partial charge >= 0.3 is 0 Å². The highest BCUT2D eigenvalue weighted by Crippen LogP contribution is 2.18. The highest BCUT2D eigenvalue weighted by molar-refractivity contribution is 7.13. The number of nitrogens with one attached hydrogen (secondary N) is 1. The van der Waals surface area contributed by atoms with Gasteiger partial charge in [0, 0.05) is 13.7 Å². The molecule has 1 aromatic rings. The maximum atomic E-state index is 11.9. The number of thiazole rings is 1. The Bertz CT molecular complexity index is 404. The molecule has 2 N–H and O–H groups in total. The fraction of sp³-hybridized carbons (Fsp3) is 0.667. The topological polar surface area (TPSA) is 71.5 Å². The van der Waals surface area contributed by atoms with Crippen molar-refractivity contribution in [3.8, 4) is 0 Å². The number of carbonyl (C=O) groups excluding carboxylic acids is 1. The SMILES string of the molecule is COCc1nc(C)c(C(=O)NCC(O)C(C)C)s1. The monoisotopic (exact) mass is 272 g/mol. The molecule has 0 aliphatic carbocycles. The van der Waals surface area contributed by atoms with Gasteiger partial charge in [0.15, 0.2) is 0 Å². The average Bonchev–Trinajstić information content (AvgIpc) is 2.67. The lowest BCUT2D eigenvalue weighted by molar-refractivity contribution is 0.0874. The number of rotatable bonds is 6. The Kier molecular flexibility index (Phi) is 5.71. The first-order valence-corrected chi connectivity index (χ1v) is 6.68. The highest BCUT2D eigenvalue weighted by atomic mass is 32.1. The molecule has 0 radical (unpaired) electrons. The number of methoxy groups -OCH3 is 1. The summed E-state index contributed by atoms with van der Waals surface area (Å²) in [6, 6.07) is 0. The molecule has 1 aromatic heterocycles. The average molecular weight is 272 g/mol. The van der Waals surface area contributed by atoms with Gasteiger partial charge in [0.2, 0.25) is 0 Å². The second-order valence-electron chi connectivity index (χ2n) is 4.48. The summed E-state index contributed by atoms with van der Waals surface area (Å²) in [6.07, 6.45) is -0.527. The smallest absolute Gasteiger partial charge is 0.263 e. The van der Waals surface area contributed by atoms with Crippen LogP contribution in [0.5, 0.6) is 0 Å². The number of amides is 1. The van der Waals surface area contributed by atoms with Gasteiger partial charge in [-0.1, -0.05) is 13.8 Å². The van der Waals surface area contributed by atoms with Crippen molar-refractivity contribution in [1.29, 1.82) is 0 Å². The molecule has 6 heteroatoms. The van der Waals surface area contributed by atoms with Crippen molar-refractivity contribution in [3.05, 3.63) is 15.6 Å². The summed E-state index contributed by atoms with van der Waals surface area (Å²) < 4.78 is 4.98. The van der Waals surface area contributed by atoms with Crippen molar-refractivity contribution < 1.29 is 14.6 Å². The predicted octanol–water partition coefficient (Wildman–Crippen LogP) is 1.34. The van der Waals surface area contributed by atoms with Crippen LogP contribution in [0.4, 0.5) is 0 Å². The number of hydrogen-bond donors (Lipinski definition) is 2. The van der Waals surface area contributed by atoms with Gasteiger partial charge in [-0.15, -0.1) is 11.3 Å². The summed E-state index contributed by atoms with van der Waals surface area (Å²) in [6.45, 7) is 6.28. The van der Waals surface area contributed by atoms with Crippen molar-refractivity contribution in [3.63, 3.8) is 0 Å². The molecular weight excluding hydrogens is 252 g/mol. The molecule has 5 nitrogen and oxygen atoms in total. The summed E-state index contributed by atoms with van der Waals surface area (Å²) in [5, 5.41) is 13.1. The molecule has 1 heterocycles. The second-order valence-corrected chi connectivity index (χ2v) is 5.56. The van der Waals surface area contributed by atoms with Crippen LogP contribution in [0, 0.1) is 12.8 Å². The summed E-state index contributed by atoms with van der Waals surface area (Å²) in [4.78, 5) is 16.8. The minimum atomic E-state index is -0.527. The lowest BCUT2D eigenvalue weighted by atomic mass is 10.1. The number of nitrogens with zero attached hydrogens (tertiary/aromatic N) is 1. The summed E-state index contributed by atoms with van der Waals surface area (Å²) in [5.41, 5.74) is 0.698. The molecule has 18 heavy (non-hydrogen) atoms. The van der Waals surface area contributed by atoms with E-state index in [1.807, 2.05) is 13.8 Å². The first-order valence-electron chi connectivity index (χ1n) is 5.87. The quantitative estimate of drug-likeness (QED) is 0.820. The molecule has 0 saturated heterocycles. The number of hydrogen-bond acceptors (Lipinski definition) is 5. The van der Waals surface area contributed by atoms with Crippen LogP contribution < -0.4 is 5.32 Å². The molecule has 1 amide bonds. The minimum Gasteiger partial charge on any atom is -0.391 e. The van der Waals surface area contributed by atoms with E-state index in [1.54, 1.807) is 14.0 Å². The highest BCUT2D eigenvalue weighted by Gasteiger charge is 2.17. The fourth-order valence-electron chi connectivity index (χ4n) is 1.36. The van der Waals surface area contributed by atoms with E-state index in [2.05, 4.69) is 10.3 Å². The first-order chi connectivity index (χ1) is 8.45. The van der Waals surface area contributed by atoms with E-state index in [1.165, 1.54) is 11.3 Å². The number of carbonyl (C=O) groups is 1. The van der Waals surface area contributed by atoms with Crippen molar-refractivity contribution in [1.82, 2.24) is 10.3 Å². The molecule has 0 aliphatic heterocycles. The van der Waals surface area contributed by atoms with Gasteiger partial charge < -0.3 is 15.2 Å². The third-order valence-electron chi connectivity index (χ3n) is 2.56. The van der Waals surface area contributed by atoms with E-state index >= 15 is 0 Å². The number of aromatic nitrogens is 1. The lowest BCUT2D eigenvalue weighted by Crippen LogP contribution is -2.34. The van der Waals surface area contributed by atoms with Gasteiger partial charge in [-0.2, -0.15) is 0 Å². The lowest BCUT2D eigenvalue weighted by Gasteiger charge is -2.14. The second kappa shape index (κ2) is 6.82. The van der Waals surface area contributed by atoms with Gasteiger partial charge in [-0.3, -0.25) is 4.79 Å². The maximum Gasteiger partial charge on any atom is 0.263 e.